The number of amides is 1. The first-order chi connectivity index (χ1) is 5.70. The van der Waals surface area contributed by atoms with Gasteiger partial charge in [-0.3, -0.25) is 15.5 Å². The van der Waals surface area contributed by atoms with Crippen LogP contribution in [0, 0.1) is 5.41 Å². The Morgan fingerprint density at radius 2 is 1.93 bits per heavy atom. The number of hydrogen-bond donors (Lipinski definition) is 5. The van der Waals surface area contributed by atoms with E-state index >= 15 is 0 Å². The van der Waals surface area contributed by atoms with Gasteiger partial charge < -0.3 is 21.0 Å². The second kappa shape index (κ2) is 6.52. The second-order valence-electron chi connectivity index (χ2n) is 2.27. The number of phosphoric acid groups is 1. The largest absolute Gasteiger partial charge is 1.00 e. The van der Waals surface area contributed by atoms with E-state index in [9.17, 15) is 4.79 Å². The molecule has 1 fully saturated rings. The van der Waals surface area contributed by atoms with Crippen molar-refractivity contribution in [2.45, 2.75) is 0 Å². The first-order valence-corrected chi connectivity index (χ1v) is 4.64. The molecule has 0 aromatic rings. The number of rotatable bonds is 0. The summed E-state index contributed by atoms with van der Waals surface area (Å²) in [7, 11) is -2.94. The molecule has 0 aromatic heterocycles. The molecule has 1 aliphatic heterocycles. The maximum absolute atomic E-state index is 10.4. The van der Waals surface area contributed by atoms with Crippen LogP contribution >= 0.6 is 7.82 Å². The summed E-state index contributed by atoms with van der Waals surface area (Å²) in [6.07, 6.45) is 0. The van der Waals surface area contributed by atoms with Crippen LogP contribution in [-0.2, 0) is 9.36 Å². The molecule has 5 N–H and O–H groups in total. The smallest absolute Gasteiger partial charge is 1.00 e. The molecular formula is C4H11N3NaO5P. The zero-order valence-corrected chi connectivity index (χ0v) is 10.7. The molecule has 1 saturated heterocycles. The third-order valence-electron chi connectivity index (χ3n) is 1.02. The van der Waals surface area contributed by atoms with Gasteiger partial charge in [0.1, 0.15) is 0 Å². The molecule has 0 unspecified atom stereocenters. The quantitative estimate of drug-likeness (QED) is 0.211. The van der Waals surface area contributed by atoms with Crippen molar-refractivity contribution in [2.75, 3.05) is 13.6 Å². The van der Waals surface area contributed by atoms with Crippen LogP contribution in [0.1, 0.15) is 1.43 Å². The standard InChI is InChI=1S/C4H7N3O.Na.H3O4P.H/c1-7-2-3(8)6-4(7)5;;1-5(2,3)4;/h2H2,1H3,(H2,5,6,8);;(H3,1,2,3,4);/q;+1;;-1. The molecule has 78 valence electrons. The molecule has 1 rings (SSSR count). The fourth-order valence-corrected chi connectivity index (χ4v) is 0.561. The SMILES string of the molecule is CN1CC(=O)NC1=N.O=P(O)(O)O.[H-].[Na+]. The van der Waals surface area contributed by atoms with Gasteiger partial charge in [0, 0.05) is 7.05 Å². The van der Waals surface area contributed by atoms with E-state index in [1.165, 1.54) is 0 Å². The van der Waals surface area contributed by atoms with E-state index in [2.05, 4.69) is 5.32 Å². The summed E-state index contributed by atoms with van der Waals surface area (Å²) in [6, 6.07) is 0. The molecule has 10 heteroatoms. The Bertz CT molecular complexity index is 263. The zero-order chi connectivity index (χ0) is 10.6. The Labute approximate surface area is 104 Å². The first-order valence-electron chi connectivity index (χ1n) is 3.08. The Morgan fingerprint density at radius 3 is 2.00 bits per heavy atom. The van der Waals surface area contributed by atoms with E-state index in [4.69, 9.17) is 24.7 Å². The number of hydrogen-bond acceptors (Lipinski definition) is 3. The van der Waals surface area contributed by atoms with Crippen LogP contribution in [0.15, 0.2) is 0 Å². The van der Waals surface area contributed by atoms with E-state index in [-0.39, 0.29) is 42.9 Å². The van der Waals surface area contributed by atoms with Crippen LogP contribution in [0.25, 0.3) is 0 Å². The van der Waals surface area contributed by atoms with Gasteiger partial charge in [0.05, 0.1) is 6.54 Å². The van der Waals surface area contributed by atoms with Gasteiger partial charge >= 0.3 is 37.4 Å². The first kappa shape index (κ1) is 16.5. The minimum atomic E-state index is -4.64. The van der Waals surface area contributed by atoms with Crippen molar-refractivity contribution in [1.82, 2.24) is 10.2 Å². The Kier molecular flexibility index (Phi) is 7.67. The van der Waals surface area contributed by atoms with Crippen LogP contribution in [0.4, 0.5) is 0 Å². The van der Waals surface area contributed by atoms with Crippen LogP contribution in [-0.4, -0.2) is 45.0 Å². The third-order valence-corrected chi connectivity index (χ3v) is 1.02. The summed E-state index contributed by atoms with van der Waals surface area (Å²) < 4.78 is 8.88. The summed E-state index contributed by atoms with van der Waals surface area (Å²) >= 11 is 0. The molecule has 0 spiro atoms. The van der Waals surface area contributed by atoms with Crippen LogP contribution < -0.4 is 34.9 Å². The molecule has 14 heavy (non-hydrogen) atoms. The topological polar surface area (TPSA) is 134 Å². The van der Waals surface area contributed by atoms with Crippen LogP contribution in [0.2, 0.25) is 0 Å². The molecule has 0 aromatic carbocycles. The Balaban J connectivity index is -0.000000185. The minimum Gasteiger partial charge on any atom is -1.00 e. The number of nitrogens with one attached hydrogen (secondary N) is 2. The molecule has 1 amide bonds. The number of nitrogens with zero attached hydrogens (tertiary/aromatic N) is 1. The molecule has 0 bridgehead atoms. The number of carbonyl (C=O) groups is 1. The van der Waals surface area contributed by atoms with Crippen molar-refractivity contribution in [3.63, 3.8) is 0 Å². The summed E-state index contributed by atoms with van der Waals surface area (Å²) in [5.74, 6) is 0.0903. The average Bonchev–Trinajstić information content (AvgIpc) is 2.05. The Morgan fingerprint density at radius 1 is 1.57 bits per heavy atom. The van der Waals surface area contributed by atoms with Gasteiger partial charge in [0.15, 0.2) is 5.96 Å². The van der Waals surface area contributed by atoms with Gasteiger partial charge in [-0.2, -0.15) is 0 Å². The van der Waals surface area contributed by atoms with E-state index in [0.29, 0.717) is 6.54 Å². The average molecular weight is 235 g/mol. The van der Waals surface area contributed by atoms with Gasteiger partial charge in [-0.05, 0) is 0 Å². The summed E-state index contributed by atoms with van der Waals surface area (Å²) in [4.78, 5) is 33.5. The van der Waals surface area contributed by atoms with Crippen LogP contribution in [0.3, 0.4) is 0 Å². The molecule has 1 aliphatic rings. The summed E-state index contributed by atoms with van der Waals surface area (Å²) in [6.45, 7) is 0.318. The Hall–Kier alpha value is 0.0500. The number of likely N-dealkylation sites (N-methyl/N-ethyl adjacent to an activating group) is 1. The predicted molar refractivity (Wildman–Crippen MR) is 43.9 cm³/mol. The van der Waals surface area contributed by atoms with Crippen molar-refractivity contribution >= 4 is 19.7 Å². The summed E-state index contributed by atoms with van der Waals surface area (Å²) in [5, 5.41) is 9.32. The monoisotopic (exact) mass is 235 g/mol. The zero-order valence-electron chi connectivity index (χ0n) is 8.76. The molecule has 1 heterocycles. The van der Waals surface area contributed by atoms with Crippen molar-refractivity contribution in [3.8, 4) is 0 Å². The van der Waals surface area contributed by atoms with E-state index in [1.807, 2.05) is 0 Å². The van der Waals surface area contributed by atoms with E-state index < -0.39 is 7.82 Å². The van der Waals surface area contributed by atoms with Gasteiger partial charge in [-0.15, -0.1) is 0 Å². The van der Waals surface area contributed by atoms with Gasteiger partial charge in [-0.25, -0.2) is 4.57 Å². The molecular weight excluding hydrogens is 224 g/mol. The second-order valence-corrected chi connectivity index (χ2v) is 3.29. The summed E-state index contributed by atoms with van der Waals surface area (Å²) in [5.41, 5.74) is 0. The van der Waals surface area contributed by atoms with Gasteiger partial charge in [-0.1, -0.05) is 0 Å². The molecule has 8 nitrogen and oxygen atoms in total. The van der Waals surface area contributed by atoms with Crippen molar-refractivity contribution < 1.29 is 55.0 Å². The maximum Gasteiger partial charge on any atom is 1.00 e. The van der Waals surface area contributed by atoms with E-state index in [0.717, 1.165) is 0 Å². The third kappa shape index (κ3) is 10.1. The van der Waals surface area contributed by atoms with Crippen molar-refractivity contribution in [3.05, 3.63) is 0 Å². The predicted octanol–water partition coefficient (Wildman–Crippen LogP) is -4.83. The molecule has 0 aliphatic carbocycles. The fraction of sp³-hybridized carbons (Fsp3) is 0.500. The molecule has 0 saturated carbocycles. The number of guanidine groups is 1. The van der Waals surface area contributed by atoms with Crippen molar-refractivity contribution in [2.24, 2.45) is 0 Å². The molecule has 0 atom stereocenters. The minimum absolute atomic E-state index is 0. The number of carbonyl (C=O) groups excluding carboxylic acids is 1. The van der Waals surface area contributed by atoms with Gasteiger partial charge in [0.2, 0.25) is 5.91 Å². The van der Waals surface area contributed by atoms with Gasteiger partial charge in [0.25, 0.3) is 0 Å². The van der Waals surface area contributed by atoms with Crippen LogP contribution in [0.5, 0.6) is 0 Å². The molecule has 0 radical (unpaired) electrons. The maximum atomic E-state index is 10.4. The normalized spacial score (nSPS) is 15.3. The fourth-order valence-electron chi connectivity index (χ4n) is 0.561. The van der Waals surface area contributed by atoms with E-state index in [1.54, 1.807) is 11.9 Å². The van der Waals surface area contributed by atoms with Crippen molar-refractivity contribution in [1.29, 1.82) is 5.41 Å².